The third-order valence-corrected chi connectivity index (χ3v) is 4.52. The number of aryl methyl sites for hydroxylation is 1. The van der Waals surface area contributed by atoms with Crippen LogP contribution in [-0.2, 0) is 17.8 Å². The van der Waals surface area contributed by atoms with Crippen LogP contribution in [0.1, 0.15) is 34.8 Å². The fourth-order valence-electron chi connectivity index (χ4n) is 2.51. The second-order valence-corrected chi connectivity index (χ2v) is 6.61. The predicted octanol–water partition coefficient (Wildman–Crippen LogP) is 2.51. The highest BCUT2D eigenvalue weighted by atomic mass is 32.1. The van der Waals surface area contributed by atoms with E-state index in [1.54, 1.807) is 11.3 Å². The summed E-state index contributed by atoms with van der Waals surface area (Å²) in [6.07, 6.45) is 0.394. The van der Waals surface area contributed by atoms with Crippen molar-refractivity contribution >= 4 is 29.0 Å². The number of nitrogens with zero attached hydrogens (tertiary/aromatic N) is 1. The molecule has 3 N–H and O–H groups in total. The summed E-state index contributed by atoms with van der Waals surface area (Å²) in [4.78, 5) is 27.7. The second-order valence-electron chi connectivity index (χ2n) is 5.55. The average Bonchev–Trinajstić information content (AvgIpc) is 3.08. The number of amides is 3. The maximum absolute atomic E-state index is 12.0. The van der Waals surface area contributed by atoms with E-state index in [-0.39, 0.29) is 18.0 Å². The largest absolute Gasteiger partial charge is 0.332 e. The zero-order valence-electron chi connectivity index (χ0n) is 13.0. The number of anilines is 1. The maximum Gasteiger partial charge on any atom is 0.315 e. The molecule has 7 heteroatoms. The standard InChI is InChI=1S/C16H18N4O2S/c1-9(11-3-4-14-12(5-11)6-15(21)20-14)18-16(22)17-7-13-8-23-10(2)19-13/h3-5,8-9H,6-7H2,1-2H3,(H,20,21)(H2,17,18,22). The summed E-state index contributed by atoms with van der Waals surface area (Å²) in [5.74, 6) is 0.00839. The summed E-state index contributed by atoms with van der Waals surface area (Å²) >= 11 is 1.56. The van der Waals surface area contributed by atoms with E-state index in [4.69, 9.17) is 0 Å². The molecule has 0 aliphatic carbocycles. The van der Waals surface area contributed by atoms with Gasteiger partial charge < -0.3 is 16.0 Å². The van der Waals surface area contributed by atoms with E-state index >= 15 is 0 Å². The fraction of sp³-hybridized carbons (Fsp3) is 0.312. The summed E-state index contributed by atoms with van der Waals surface area (Å²) in [6.45, 7) is 4.26. The molecule has 1 unspecified atom stereocenters. The number of carbonyl (C=O) groups is 2. The zero-order valence-corrected chi connectivity index (χ0v) is 13.8. The lowest BCUT2D eigenvalue weighted by atomic mass is 10.0. The van der Waals surface area contributed by atoms with Crippen LogP contribution in [0, 0.1) is 6.92 Å². The van der Waals surface area contributed by atoms with Gasteiger partial charge in [-0.15, -0.1) is 11.3 Å². The van der Waals surface area contributed by atoms with Crippen LogP contribution in [0.4, 0.5) is 10.5 Å². The van der Waals surface area contributed by atoms with Gasteiger partial charge in [-0.2, -0.15) is 0 Å². The van der Waals surface area contributed by atoms with Gasteiger partial charge in [0.15, 0.2) is 0 Å². The Morgan fingerprint density at radius 2 is 2.30 bits per heavy atom. The molecule has 3 amide bonds. The van der Waals surface area contributed by atoms with Crippen molar-refractivity contribution in [2.45, 2.75) is 32.9 Å². The normalized spacial score (nSPS) is 14.1. The number of nitrogens with one attached hydrogen (secondary N) is 3. The number of fused-ring (bicyclic) bond motifs is 1. The first-order chi connectivity index (χ1) is 11.0. The van der Waals surface area contributed by atoms with E-state index in [0.29, 0.717) is 13.0 Å². The van der Waals surface area contributed by atoms with Gasteiger partial charge in [-0.1, -0.05) is 12.1 Å². The molecule has 1 aliphatic heterocycles. The highest BCUT2D eigenvalue weighted by Crippen LogP contribution is 2.26. The Balaban J connectivity index is 1.56. The van der Waals surface area contributed by atoms with E-state index in [9.17, 15) is 9.59 Å². The Morgan fingerprint density at radius 1 is 1.48 bits per heavy atom. The van der Waals surface area contributed by atoms with Crippen LogP contribution in [-0.4, -0.2) is 16.9 Å². The lowest BCUT2D eigenvalue weighted by molar-refractivity contribution is -0.115. The van der Waals surface area contributed by atoms with E-state index in [1.807, 2.05) is 37.4 Å². The molecule has 1 atom stereocenters. The number of carbonyl (C=O) groups excluding carboxylic acids is 2. The topological polar surface area (TPSA) is 83.1 Å². The van der Waals surface area contributed by atoms with Crippen LogP contribution in [0.5, 0.6) is 0 Å². The van der Waals surface area contributed by atoms with Gasteiger partial charge in [0, 0.05) is 11.1 Å². The first kappa shape index (κ1) is 15.5. The molecule has 2 heterocycles. The third-order valence-electron chi connectivity index (χ3n) is 3.70. The molecule has 0 spiro atoms. The Labute approximate surface area is 138 Å². The van der Waals surface area contributed by atoms with Crippen molar-refractivity contribution in [3.05, 3.63) is 45.4 Å². The number of thiazole rings is 1. The van der Waals surface area contributed by atoms with Crippen LogP contribution in [0.3, 0.4) is 0 Å². The van der Waals surface area contributed by atoms with Crippen molar-refractivity contribution in [3.63, 3.8) is 0 Å². The SMILES string of the molecule is Cc1nc(CNC(=O)NC(C)c2ccc3c(c2)CC(=O)N3)cs1. The first-order valence-electron chi connectivity index (χ1n) is 7.39. The van der Waals surface area contributed by atoms with Gasteiger partial charge in [0.25, 0.3) is 0 Å². The summed E-state index contributed by atoms with van der Waals surface area (Å²) in [7, 11) is 0. The Hall–Kier alpha value is -2.41. The molecular formula is C16H18N4O2S. The van der Waals surface area contributed by atoms with Crippen LogP contribution >= 0.6 is 11.3 Å². The molecule has 0 bridgehead atoms. The number of hydrogen-bond donors (Lipinski definition) is 3. The molecule has 3 rings (SSSR count). The van der Waals surface area contributed by atoms with Crippen LogP contribution < -0.4 is 16.0 Å². The number of urea groups is 1. The molecule has 0 fully saturated rings. The molecule has 23 heavy (non-hydrogen) atoms. The van der Waals surface area contributed by atoms with Gasteiger partial charge in [-0.25, -0.2) is 9.78 Å². The molecule has 0 radical (unpaired) electrons. The van der Waals surface area contributed by atoms with E-state index in [2.05, 4.69) is 20.9 Å². The molecule has 6 nitrogen and oxygen atoms in total. The van der Waals surface area contributed by atoms with Gasteiger partial charge in [-0.3, -0.25) is 4.79 Å². The molecule has 1 aliphatic rings. The minimum Gasteiger partial charge on any atom is -0.332 e. The highest BCUT2D eigenvalue weighted by molar-refractivity contribution is 7.09. The first-order valence-corrected chi connectivity index (χ1v) is 8.27. The Morgan fingerprint density at radius 3 is 3.04 bits per heavy atom. The summed E-state index contributed by atoms with van der Waals surface area (Å²) < 4.78 is 0. The van der Waals surface area contributed by atoms with E-state index < -0.39 is 0 Å². The lowest BCUT2D eigenvalue weighted by Gasteiger charge is -2.15. The van der Waals surface area contributed by atoms with Gasteiger partial charge in [0.05, 0.1) is 29.7 Å². The van der Waals surface area contributed by atoms with E-state index in [1.165, 1.54) is 0 Å². The monoisotopic (exact) mass is 330 g/mol. The fourth-order valence-corrected chi connectivity index (χ4v) is 3.12. The second kappa shape index (κ2) is 6.37. The van der Waals surface area contributed by atoms with Crippen molar-refractivity contribution in [2.75, 3.05) is 5.32 Å². The predicted molar refractivity (Wildman–Crippen MR) is 89.4 cm³/mol. The van der Waals surface area contributed by atoms with Crippen molar-refractivity contribution in [1.29, 1.82) is 0 Å². The summed E-state index contributed by atoms with van der Waals surface area (Å²) in [6, 6.07) is 5.37. The molecule has 0 saturated heterocycles. The molecule has 1 aromatic carbocycles. The van der Waals surface area contributed by atoms with Crippen molar-refractivity contribution in [3.8, 4) is 0 Å². The lowest BCUT2D eigenvalue weighted by Crippen LogP contribution is -2.36. The smallest absolute Gasteiger partial charge is 0.315 e. The van der Waals surface area contributed by atoms with Gasteiger partial charge >= 0.3 is 6.03 Å². The summed E-state index contributed by atoms with van der Waals surface area (Å²) in [5, 5.41) is 11.4. The number of benzene rings is 1. The summed E-state index contributed by atoms with van der Waals surface area (Å²) in [5.41, 5.74) is 3.66. The number of rotatable bonds is 4. The quantitative estimate of drug-likeness (QED) is 0.805. The van der Waals surface area contributed by atoms with Crippen LogP contribution in [0.25, 0.3) is 0 Å². The zero-order chi connectivity index (χ0) is 16.4. The molecule has 1 aromatic heterocycles. The molecular weight excluding hydrogens is 312 g/mol. The molecule has 0 saturated carbocycles. The van der Waals surface area contributed by atoms with Crippen LogP contribution in [0.2, 0.25) is 0 Å². The van der Waals surface area contributed by atoms with Crippen molar-refractivity contribution in [2.24, 2.45) is 0 Å². The van der Waals surface area contributed by atoms with E-state index in [0.717, 1.165) is 27.5 Å². The highest BCUT2D eigenvalue weighted by Gasteiger charge is 2.19. The van der Waals surface area contributed by atoms with Gasteiger partial charge in [0.1, 0.15) is 0 Å². The van der Waals surface area contributed by atoms with Crippen LogP contribution in [0.15, 0.2) is 23.6 Å². The minimum absolute atomic E-state index is 0.00839. The molecule has 120 valence electrons. The van der Waals surface area contributed by atoms with Crippen molar-refractivity contribution < 1.29 is 9.59 Å². The Bertz CT molecular complexity index is 756. The maximum atomic E-state index is 12.0. The number of aromatic nitrogens is 1. The average molecular weight is 330 g/mol. The minimum atomic E-state index is -0.238. The van der Waals surface area contributed by atoms with Crippen molar-refractivity contribution in [1.82, 2.24) is 15.6 Å². The van der Waals surface area contributed by atoms with Gasteiger partial charge in [0.2, 0.25) is 5.91 Å². The number of hydrogen-bond acceptors (Lipinski definition) is 4. The Kier molecular flexibility index (Phi) is 4.29. The third kappa shape index (κ3) is 3.68. The van der Waals surface area contributed by atoms with Gasteiger partial charge in [-0.05, 0) is 31.0 Å². The molecule has 2 aromatic rings.